The summed E-state index contributed by atoms with van der Waals surface area (Å²) in [5.41, 5.74) is 0. The highest BCUT2D eigenvalue weighted by molar-refractivity contribution is 5.86. The van der Waals surface area contributed by atoms with Crippen molar-refractivity contribution in [3.63, 3.8) is 0 Å². The van der Waals surface area contributed by atoms with Crippen LogP contribution in [0.1, 0.15) is 6.92 Å². The first-order valence-electron chi connectivity index (χ1n) is 4.86. The molecule has 0 amide bonds. The Bertz CT molecular complexity index is 384. The summed E-state index contributed by atoms with van der Waals surface area (Å²) in [6.07, 6.45) is 0. The minimum atomic E-state index is -0.576. The number of hydrogen-bond donors (Lipinski definition) is 0. The van der Waals surface area contributed by atoms with Crippen molar-refractivity contribution in [1.29, 1.82) is 0 Å². The lowest BCUT2D eigenvalue weighted by molar-refractivity contribution is -0.140. The molecule has 1 aromatic carbocycles. The maximum absolute atomic E-state index is 11.3. The fourth-order valence-electron chi connectivity index (χ4n) is 1.09. The lowest BCUT2D eigenvalue weighted by atomic mass is 10.3. The van der Waals surface area contributed by atoms with E-state index >= 15 is 0 Å². The van der Waals surface area contributed by atoms with Crippen LogP contribution in [0, 0.1) is 0 Å². The van der Waals surface area contributed by atoms with E-state index in [4.69, 9.17) is 14.2 Å². The van der Waals surface area contributed by atoms with Gasteiger partial charge in [-0.2, -0.15) is 0 Å². The van der Waals surface area contributed by atoms with Gasteiger partial charge in [0.1, 0.15) is 0 Å². The standard InChI is InChI=1S/C12H14O4/c1-4-15-12(13)9(2)16-11-8-6-5-7-10(11)14-3/h5-8H,2,4H2,1,3H3. The average Bonchev–Trinajstić information content (AvgIpc) is 2.30. The van der Waals surface area contributed by atoms with E-state index in [-0.39, 0.29) is 12.4 Å². The fourth-order valence-corrected chi connectivity index (χ4v) is 1.09. The number of methoxy groups -OCH3 is 1. The minimum Gasteiger partial charge on any atom is -0.493 e. The van der Waals surface area contributed by atoms with Crippen molar-refractivity contribution >= 4 is 5.97 Å². The summed E-state index contributed by atoms with van der Waals surface area (Å²) in [4.78, 5) is 11.3. The van der Waals surface area contributed by atoms with Crippen LogP contribution in [-0.2, 0) is 9.53 Å². The topological polar surface area (TPSA) is 44.8 Å². The molecule has 0 bridgehead atoms. The number of carbonyl (C=O) groups excluding carboxylic acids is 1. The fraction of sp³-hybridized carbons (Fsp3) is 0.250. The molecule has 86 valence electrons. The van der Waals surface area contributed by atoms with E-state index in [1.165, 1.54) is 7.11 Å². The monoisotopic (exact) mass is 222 g/mol. The van der Waals surface area contributed by atoms with Crippen LogP contribution in [0.3, 0.4) is 0 Å². The maximum atomic E-state index is 11.3. The zero-order valence-electron chi connectivity index (χ0n) is 9.36. The third kappa shape index (κ3) is 3.02. The van der Waals surface area contributed by atoms with E-state index in [2.05, 4.69) is 6.58 Å². The molecule has 0 aromatic heterocycles. The summed E-state index contributed by atoms with van der Waals surface area (Å²) in [6.45, 7) is 5.49. The first kappa shape index (κ1) is 12.1. The highest BCUT2D eigenvalue weighted by atomic mass is 16.6. The number of hydrogen-bond acceptors (Lipinski definition) is 4. The van der Waals surface area contributed by atoms with Crippen molar-refractivity contribution in [2.24, 2.45) is 0 Å². The normalized spacial score (nSPS) is 9.38. The van der Waals surface area contributed by atoms with E-state index in [0.717, 1.165) is 0 Å². The second-order valence-corrected chi connectivity index (χ2v) is 2.90. The van der Waals surface area contributed by atoms with Gasteiger partial charge in [-0.15, -0.1) is 0 Å². The molecule has 0 radical (unpaired) electrons. The molecule has 4 heteroatoms. The van der Waals surface area contributed by atoms with Gasteiger partial charge in [0.15, 0.2) is 11.5 Å². The Balaban J connectivity index is 2.73. The largest absolute Gasteiger partial charge is 0.493 e. The van der Waals surface area contributed by atoms with Gasteiger partial charge in [0.05, 0.1) is 13.7 Å². The predicted molar refractivity (Wildman–Crippen MR) is 59.4 cm³/mol. The number of esters is 1. The molecule has 0 saturated heterocycles. The highest BCUT2D eigenvalue weighted by Crippen LogP contribution is 2.27. The molecule has 0 saturated carbocycles. The molecular weight excluding hydrogens is 208 g/mol. The van der Waals surface area contributed by atoms with Crippen LogP contribution in [0.15, 0.2) is 36.6 Å². The van der Waals surface area contributed by atoms with Gasteiger partial charge in [0.2, 0.25) is 5.76 Å². The number of ether oxygens (including phenoxy) is 3. The Morgan fingerprint density at radius 1 is 1.31 bits per heavy atom. The summed E-state index contributed by atoms with van der Waals surface area (Å²) in [6, 6.07) is 6.99. The Morgan fingerprint density at radius 2 is 1.94 bits per heavy atom. The molecule has 0 heterocycles. The van der Waals surface area contributed by atoms with Gasteiger partial charge in [0.25, 0.3) is 0 Å². The van der Waals surface area contributed by atoms with Crippen molar-refractivity contribution in [2.45, 2.75) is 6.92 Å². The van der Waals surface area contributed by atoms with Crippen molar-refractivity contribution < 1.29 is 19.0 Å². The lowest BCUT2D eigenvalue weighted by Gasteiger charge is -2.10. The minimum absolute atomic E-state index is 0.0636. The van der Waals surface area contributed by atoms with Crippen LogP contribution in [-0.4, -0.2) is 19.7 Å². The second-order valence-electron chi connectivity index (χ2n) is 2.90. The van der Waals surface area contributed by atoms with Crippen LogP contribution in [0.5, 0.6) is 11.5 Å². The van der Waals surface area contributed by atoms with Crippen LogP contribution in [0.2, 0.25) is 0 Å². The van der Waals surface area contributed by atoms with Gasteiger partial charge in [-0.05, 0) is 25.6 Å². The molecule has 16 heavy (non-hydrogen) atoms. The number of para-hydroxylation sites is 2. The quantitative estimate of drug-likeness (QED) is 0.435. The van der Waals surface area contributed by atoms with Crippen molar-refractivity contribution in [3.05, 3.63) is 36.6 Å². The first-order chi connectivity index (χ1) is 7.69. The number of carbonyl (C=O) groups is 1. The molecule has 1 rings (SSSR count). The van der Waals surface area contributed by atoms with E-state index in [0.29, 0.717) is 11.5 Å². The first-order valence-corrected chi connectivity index (χ1v) is 4.86. The Labute approximate surface area is 94.4 Å². The summed E-state index contributed by atoms with van der Waals surface area (Å²) in [5.74, 6) is 0.329. The Kier molecular flexibility index (Phi) is 4.39. The third-order valence-electron chi connectivity index (χ3n) is 1.81. The highest BCUT2D eigenvalue weighted by Gasteiger charge is 2.12. The van der Waals surface area contributed by atoms with Crippen molar-refractivity contribution in [3.8, 4) is 11.5 Å². The maximum Gasteiger partial charge on any atom is 0.373 e. The molecule has 0 atom stereocenters. The molecule has 0 aliphatic carbocycles. The van der Waals surface area contributed by atoms with Gasteiger partial charge >= 0.3 is 5.97 Å². The zero-order valence-corrected chi connectivity index (χ0v) is 9.36. The molecule has 0 aliphatic rings. The lowest BCUT2D eigenvalue weighted by Crippen LogP contribution is -2.11. The van der Waals surface area contributed by atoms with Gasteiger partial charge in [-0.1, -0.05) is 12.1 Å². The summed E-state index contributed by atoms with van der Waals surface area (Å²) in [5, 5.41) is 0. The smallest absolute Gasteiger partial charge is 0.373 e. The van der Waals surface area contributed by atoms with Crippen LogP contribution >= 0.6 is 0 Å². The molecule has 0 N–H and O–H groups in total. The molecule has 4 nitrogen and oxygen atoms in total. The van der Waals surface area contributed by atoms with Crippen molar-refractivity contribution in [1.82, 2.24) is 0 Å². The predicted octanol–water partition coefficient (Wildman–Crippen LogP) is 2.15. The van der Waals surface area contributed by atoms with Gasteiger partial charge in [0, 0.05) is 0 Å². The number of benzene rings is 1. The third-order valence-corrected chi connectivity index (χ3v) is 1.81. The number of rotatable bonds is 5. The van der Waals surface area contributed by atoms with E-state index < -0.39 is 5.97 Å². The molecule has 1 aromatic rings. The van der Waals surface area contributed by atoms with Crippen LogP contribution in [0.4, 0.5) is 0 Å². The SMILES string of the molecule is C=C(Oc1ccccc1OC)C(=O)OCC. The molecular formula is C12H14O4. The summed E-state index contributed by atoms with van der Waals surface area (Å²) >= 11 is 0. The summed E-state index contributed by atoms with van der Waals surface area (Å²) in [7, 11) is 1.52. The van der Waals surface area contributed by atoms with Crippen LogP contribution < -0.4 is 9.47 Å². The second kappa shape index (κ2) is 5.80. The van der Waals surface area contributed by atoms with E-state index in [9.17, 15) is 4.79 Å². The Hall–Kier alpha value is -1.97. The van der Waals surface area contributed by atoms with Gasteiger partial charge in [-0.3, -0.25) is 0 Å². The van der Waals surface area contributed by atoms with Gasteiger partial charge < -0.3 is 14.2 Å². The molecule has 0 aliphatic heterocycles. The Morgan fingerprint density at radius 3 is 2.50 bits per heavy atom. The summed E-state index contributed by atoms with van der Waals surface area (Å²) < 4.78 is 15.1. The van der Waals surface area contributed by atoms with Crippen molar-refractivity contribution in [2.75, 3.05) is 13.7 Å². The molecule has 0 spiro atoms. The van der Waals surface area contributed by atoms with Crippen LogP contribution in [0.25, 0.3) is 0 Å². The van der Waals surface area contributed by atoms with E-state index in [1.54, 1.807) is 31.2 Å². The average molecular weight is 222 g/mol. The molecule has 0 unspecified atom stereocenters. The van der Waals surface area contributed by atoms with Gasteiger partial charge in [-0.25, -0.2) is 4.79 Å². The zero-order chi connectivity index (χ0) is 12.0. The van der Waals surface area contributed by atoms with E-state index in [1.807, 2.05) is 0 Å². The molecule has 0 fully saturated rings.